The molecule has 3 unspecified atom stereocenters. The third-order valence-corrected chi connectivity index (χ3v) is 5.29. The summed E-state index contributed by atoms with van der Waals surface area (Å²) in [5.74, 6) is -0.250. The van der Waals surface area contributed by atoms with Gasteiger partial charge in [0.2, 0.25) is 0 Å². The van der Waals surface area contributed by atoms with Gasteiger partial charge in [0.1, 0.15) is 5.82 Å². The van der Waals surface area contributed by atoms with Crippen molar-refractivity contribution in [3.05, 3.63) is 35.6 Å². The molecular weight excluding hydrogens is 315 g/mol. The van der Waals surface area contributed by atoms with Crippen LogP contribution in [0.2, 0.25) is 0 Å². The molecule has 2 aliphatic heterocycles. The van der Waals surface area contributed by atoms with E-state index in [0.29, 0.717) is 11.5 Å². The van der Waals surface area contributed by atoms with E-state index in [1.807, 2.05) is 0 Å². The molecule has 3 nitrogen and oxygen atoms in total. The molecular formula is C18H28ClFN2O. The highest BCUT2D eigenvalue weighted by molar-refractivity contribution is 5.85. The standard InChI is InChI=1S/C18H27FN2O.ClH/c1-18(8-9-20-12-18)13-21-10-2-3-16(21)11-17(22)14-4-6-15(19)7-5-14;/h4-7,16-17,20,22H,2-3,8-13H2,1H3;1H. The van der Waals surface area contributed by atoms with E-state index in [1.54, 1.807) is 12.1 Å². The third kappa shape index (κ3) is 4.66. The lowest BCUT2D eigenvalue weighted by atomic mass is 9.88. The van der Waals surface area contributed by atoms with Crippen molar-refractivity contribution in [1.82, 2.24) is 10.2 Å². The van der Waals surface area contributed by atoms with Crippen LogP contribution >= 0.6 is 12.4 Å². The largest absolute Gasteiger partial charge is 0.388 e. The van der Waals surface area contributed by atoms with Crippen molar-refractivity contribution in [1.29, 1.82) is 0 Å². The molecule has 0 spiro atoms. The molecule has 2 aliphatic rings. The van der Waals surface area contributed by atoms with Crippen LogP contribution in [0, 0.1) is 11.2 Å². The van der Waals surface area contributed by atoms with E-state index in [-0.39, 0.29) is 18.2 Å². The Hall–Kier alpha value is -0.680. The van der Waals surface area contributed by atoms with Crippen LogP contribution in [0.5, 0.6) is 0 Å². The van der Waals surface area contributed by atoms with Gasteiger partial charge in [0.15, 0.2) is 0 Å². The molecule has 23 heavy (non-hydrogen) atoms. The Kier molecular flexibility index (Phi) is 6.43. The average molecular weight is 343 g/mol. The van der Waals surface area contributed by atoms with Gasteiger partial charge in [-0.15, -0.1) is 12.4 Å². The topological polar surface area (TPSA) is 35.5 Å². The van der Waals surface area contributed by atoms with Gasteiger partial charge in [0.05, 0.1) is 6.10 Å². The highest BCUT2D eigenvalue weighted by Crippen LogP contribution is 2.32. The zero-order valence-electron chi connectivity index (χ0n) is 13.8. The maximum absolute atomic E-state index is 13.0. The summed E-state index contributed by atoms with van der Waals surface area (Å²) >= 11 is 0. The van der Waals surface area contributed by atoms with Gasteiger partial charge in [-0.2, -0.15) is 0 Å². The summed E-state index contributed by atoms with van der Waals surface area (Å²) in [4.78, 5) is 2.56. The Morgan fingerprint density at radius 3 is 2.78 bits per heavy atom. The molecule has 3 atom stereocenters. The Morgan fingerprint density at radius 1 is 1.39 bits per heavy atom. The fourth-order valence-electron chi connectivity index (χ4n) is 3.94. The van der Waals surface area contributed by atoms with Crippen molar-refractivity contribution in [3.63, 3.8) is 0 Å². The van der Waals surface area contributed by atoms with Gasteiger partial charge >= 0.3 is 0 Å². The third-order valence-electron chi connectivity index (χ3n) is 5.29. The first-order valence-electron chi connectivity index (χ1n) is 8.44. The molecule has 0 amide bonds. The number of benzene rings is 1. The predicted molar refractivity (Wildman–Crippen MR) is 93.4 cm³/mol. The van der Waals surface area contributed by atoms with Crippen molar-refractivity contribution in [2.45, 2.75) is 44.8 Å². The molecule has 0 aliphatic carbocycles. The number of aliphatic hydroxyl groups is 1. The number of nitrogens with one attached hydrogen (secondary N) is 1. The molecule has 2 saturated heterocycles. The minimum atomic E-state index is -0.499. The Balaban J connectivity index is 0.00000192. The van der Waals surface area contributed by atoms with Crippen molar-refractivity contribution >= 4 is 12.4 Å². The first-order chi connectivity index (χ1) is 10.6. The summed E-state index contributed by atoms with van der Waals surface area (Å²) in [6.45, 7) is 6.82. The lowest BCUT2D eigenvalue weighted by Gasteiger charge is -2.34. The quantitative estimate of drug-likeness (QED) is 0.863. The molecule has 0 radical (unpaired) electrons. The Labute approximate surface area is 144 Å². The molecule has 1 aromatic carbocycles. The Morgan fingerprint density at radius 2 is 2.13 bits per heavy atom. The van der Waals surface area contributed by atoms with E-state index in [4.69, 9.17) is 0 Å². The summed E-state index contributed by atoms with van der Waals surface area (Å²) in [7, 11) is 0. The molecule has 5 heteroatoms. The van der Waals surface area contributed by atoms with E-state index < -0.39 is 6.10 Å². The van der Waals surface area contributed by atoms with Gasteiger partial charge in [-0.25, -0.2) is 4.39 Å². The monoisotopic (exact) mass is 342 g/mol. The number of hydrogen-bond acceptors (Lipinski definition) is 3. The second-order valence-electron chi connectivity index (χ2n) is 7.31. The smallest absolute Gasteiger partial charge is 0.123 e. The SMILES string of the molecule is CC1(CN2CCCC2CC(O)c2ccc(F)cc2)CCNC1.Cl. The molecule has 1 aromatic rings. The van der Waals surface area contributed by atoms with Gasteiger partial charge in [-0.1, -0.05) is 19.1 Å². The van der Waals surface area contributed by atoms with Crippen molar-refractivity contribution < 1.29 is 9.50 Å². The summed E-state index contributed by atoms with van der Waals surface area (Å²) in [6.07, 6.45) is 3.85. The fraction of sp³-hybridized carbons (Fsp3) is 0.667. The minimum absolute atomic E-state index is 0. The van der Waals surface area contributed by atoms with E-state index in [0.717, 1.165) is 44.6 Å². The number of halogens is 2. The summed E-state index contributed by atoms with van der Waals surface area (Å²) in [6, 6.07) is 6.69. The summed E-state index contributed by atoms with van der Waals surface area (Å²) in [5.41, 5.74) is 1.19. The number of hydrogen-bond donors (Lipinski definition) is 2. The second-order valence-corrected chi connectivity index (χ2v) is 7.31. The molecule has 130 valence electrons. The molecule has 3 rings (SSSR count). The van der Waals surface area contributed by atoms with Crippen LogP contribution in [0.1, 0.15) is 44.3 Å². The van der Waals surface area contributed by atoms with Gasteiger partial charge in [-0.05, 0) is 61.9 Å². The number of rotatable bonds is 5. The number of aliphatic hydroxyl groups excluding tert-OH is 1. The zero-order chi connectivity index (χ0) is 15.6. The minimum Gasteiger partial charge on any atom is -0.388 e. The summed E-state index contributed by atoms with van der Waals surface area (Å²) < 4.78 is 13.0. The van der Waals surface area contributed by atoms with Crippen molar-refractivity contribution in [2.24, 2.45) is 5.41 Å². The first kappa shape index (κ1) is 18.7. The molecule has 0 bridgehead atoms. The van der Waals surface area contributed by atoms with Crippen LogP contribution in [0.3, 0.4) is 0 Å². The zero-order valence-corrected chi connectivity index (χ0v) is 14.6. The van der Waals surface area contributed by atoms with Crippen LogP contribution in [0.15, 0.2) is 24.3 Å². The lowest BCUT2D eigenvalue weighted by Crippen LogP contribution is -2.40. The normalized spacial score (nSPS) is 29.4. The molecule has 2 N–H and O–H groups in total. The van der Waals surface area contributed by atoms with Crippen LogP contribution in [-0.2, 0) is 0 Å². The van der Waals surface area contributed by atoms with Crippen LogP contribution in [0.4, 0.5) is 4.39 Å². The van der Waals surface area contributed by atoms with E-state index in [9.17, 15) is 9.50 Å². The first-order valence-corrected chi connectivity index (χ1v) is 8.44. The van der Waals surface area contributed by atoms with Crippen LogP contribution < -0.4 is 5.32 Å². The lowest BCUT2D eigenvalue weighted by molar-refractivity contribution is 0.0995. The van der Waals surface area contributed by atoms with Gasteiger partial charge in [0.25, 0.3) is 0 Å². The van der Waals surface area contributed by atoms with Crippen LogP contribution in [-0.4, -0.2) is 42.2 Å². The highest BCUT2D eigenvalue weighted by atomic mass is 35.5. The average Bonchev–Trinajstić information content (AvgIpc) is 3.10. The maximum atomic E-state index is 13.0. The Bertz CT molecular complexity index is 490. The predicted octanol–water partition coefficient (Wildman–Crippen LogP) is 3.14. The van der Waals surface area contributed by atoms with Crippen LogP contribution in [0.25, 0.3) is 0 Å². The number of nitrogens with zero attached hydrogens (tertiary/aromatic N) is 1. The van der Waals surface area contributed by atoms with Gasteiger partial charge in [-0.3, -0.25) is 4.90 Å². The van der Waals surface area contributed by atoms with Gasteiger partial charge < -0.3 is 10.4 Å². The van der Waals surface area contributed by atoms with Gasteiger partial charge in [0, 0.05) is 19.1 Å². The molecule has 2 heterocycles. The van der Waals surface area contributed by atoms with E-state index in [1.165, 1.54) is 25.0 Å². The molecule has 0 aromatic heterocycles. The molecule has 2 fully saturated rings. The number of likely N-dealkylation sites (tertiary alicyclic amines) is 1. The molecule has 0 saturated carbocycles. The van der Waals surface area contributed by atoms with Crippen molar-refractivity contribution in [2.75, 3.05) is 26.2 Å². The van der Waals surface area contributed by atoms with Crippen molar-refractivity contribution in [3.8, 4) is 0 Å². The highest BCUT2D eigenvalue weighted by Gasteiger charge is 2.35. The maximum Gasteiger partial charge on any atom is 0.123 e. The summed E-state index contributed by atoms with van der Waals surface area (Å²) in [5, 5.41) is 13.9. The van der Waals surface area contributed by atoms with E-state index in [2.05, 4.69) is 17.1 Å². The second kappa shape index (κ2) is 7.93. The fourth-order valence-corrected chi connectivity index (χ4v) is 3.94. The van der Waals surface area contributed by atoms with E-state index >= 15 is 0 Å².